The molecule has 20 heavy (non-hydrogen) atoms. The lowest BCUT2D eigenvalue weighted by molar-refractivity contribution is 0.0990. The second-order valence-corrected chi connectivity index (χ2v) is 4.45. The zero-order chi connectivity index (χ0) is 13.8. The molecule has 0 aliphatic carbocycles. The van der Waals surface area contributed by atoms with Crippen molar-refractivity contribution in [3.63, 3.8) is 0 Å². The molecule has 0 bridgehead atoms. The Hall–Kier alpha value is -2.40. The van der Waals surface area contributed by atoms with Crippen LogP contribution in [0.25, 0.3) is 0 Å². The Morgan fingerprint density at radius 1 is 1.15 bits per heavy atom. The fraction of sp³-hybridized carbons (Fsp3) is 0.200. The standard InChI is InChI=1S/C15H14N2O3/c18-13(9-17-8-11-3-5-16-6-4-11)12-1-2-14-15(7-12)20-10-19-14/h1-7,17H,8-10H2. The number of carbonyl (C=O) groups is 1. The van der Waals surface area contributed by atoms with Crippen molar-refractivity contribution in [2.24, 2.45) is 0 Å². The van der Waals surface area contributed by atoms with E-state index in [1.165, 1.54) is 0 Å². The Bertz CT molecular complexity index is 614. The number of ether oxygens (including phenoxy) is 2. The van der Waals surface area contributed by atoms with E-state index in [1.807, 2.05) is 12.1 Å². The molecule has 5 nitrogen and oxygen atoms in total. The van der Waals surface area contributed by atoms with E-state index in [1.54, 1.807) is 30.6 Å². The lowest BCUT2D eigenvalue weighted by atomic mass is 10.1. The van der Waals surface area contributed by atoms with Gasteiger partial charge in [-0.3, -0.25) is 9.78 Å². The Morgan fingerprint density at radius 3 is 2.80 bits per heavy atom. The van der Waals surface area contributed by atoms with E-state index in [2.05, 4.69) is 10.3 Å². The maximum absolute atomic E-state index is 12.1. The van der Waals surface area contributed by atoms with E-state index in [9.17, 15) is 4.79 Å². The number of carbonyl (C=O) groups excluding carboxylic acids is 1. The summed E-state index contributed by atoms with van der Waals surface area (Å²) in [6.07, 6.45) is 3.47. The van der Waals surface area contributed by atoms with E-state index in [0.717, 1.165) is 5.56 Å². The van der Waals surface area contributed by atoms with Crippen LogP contribution in [0.1, 0.15) is 15.9 Å². The van der Waals surface area contributed by atoms with Gasteiger partial charge in [0.2, 0.25) is 6.79 Å². The highest BCUT2D eigenvalue weighted by Crippen LogP contribution is 2.32. The molecule has 1 aliphatic heterocycles. The summed E-state index contributed by atoms with van der Waals surface area (Å²) < 4.78 is 10.5. The first kappa shape index (κ1) is 12.6. The number of ketones is 1. The van der Waals surface area contributed by atoms with Crippen molar-refractivity contribution in [1.29, 1.82) is 0 Å². The minimum absolute atomic E-state index is 0.0253. The van der Waals surface area contributed by atoms with E-state index in [4.69, 9.17) is 9.47 Å². The molecule has 0 radical (unpaired) electrons. The molecular weight excluding hydrogens is 256 g/mol. The molecule has 1 aromatic carbocycles. The number of aromatic nitrogens is 1. The SMILES string of the molecule is O=C(CNCc1ccncc1)c1ccc2c(c1)OCO2. The number of benzene rings is 1. The summed E-state index contributed by atoms with van der Waals surface area (Å²) in [5, 5.41) is 3.12. The van der Waals surface area contributed by atoms with Crippen LogP contribution < -0.4 is 14.8 Å². The fourth-order valence-corrected chi connectivity index (χ4v) is 1.99. The average molecular weight is 270 g/mol. The third kappa shape index (κ3) is 2.78. The number of fused-ring (bicyclic) bond motifs is 1. The number of nitrogens with one attached hydrogen (secondary N) is 1. The van der Waals surface area contributed by atoms with Gasteiger partial charge in [0.25, 0.3) is 0 Å². The molecule has 102 valence electrons. The van der Waals surface area contributed by atoms with Gasteiger partial charge in [-0.1, -0.05) is 0 Å². The van der Waals surface area contributed by atoms with Gasteiger partial charge in [-0.05, 0) is 35.9 Å². The molecule has 0 saturated carbocycles. The third-order valence-electron chi connectivity index (χ3n) is 3.06. The number of hydrogen-bond donors (Lipinski definition) is 1. The van der Waals surface area contributed by atoms with Gasteiger partial charge in [0, 0.05) is 24.5 Å². The molecule has 1 aromatic heterocycles. The largest absolute Gasteiger partial charge is 0.454 e. The normalized spacial score (nSPS) is 12.4. The second-order valence-electron chi connectivity index (χ2n) is 4.45. The minimum Gasteiger partial charge on any atom is -0.454 e. The molecule has 2 aromatic rings. The van der Waals surface area contributed by atoms with Crippen LogP contribution in [-0.2, 0) is 6.54 Å². The lowest BCUT2D eigenvalue weighted by Crippen LogP contribution is -2.22. The number of rotatable bonds is 5. The zero-order valence-electron chi connectivity index (χ0n) is 10.8. The van der Waals surface area contributed by atoms with Crippen molar-refractivity contribution in [2.45, 2.75) is 6.54 Å². The monoisotopic (exact) mass is 270 g/mol. The molecule has 0 spiro atoms. The van der Waals surface area contributed by atoms with Crippen LogP contribution in [0.3, 0.4) is 0 Å². The second kappa shape index (κ2) is 5.71. The van der Waals surface area contributed by atoms with E-state index in [0.29, 0.717) is 23.6 Å². The minimum atomic E-state index is 0.0253. The maximum Gasteiger partial charge on any atom is 0.231 e. The van der Waals surface area contributed by atoms with Crippen molar-refractivity contribution in [1.82, 2.24) is 10.3 Å². The predicted molar refractivity (Wildman–Crippen MR) is 72.8 cm³/mol. The number of hydrogen-bond acceptors (Lipinski definition) is 5. The smallest absolute Gasteiger partial charge is 0.231 e. The highest BCUT2D eigenvalue weighted by Gasteiger charge is 2.15. The lowest BCUT2D eigenvalue weighted by Gasteiger charge is -2.05. The van der Waals surface area contributed by atoms with Crippen molar-refractivity contribution in [3.8, 4) is 11.5 Å². The number of nitrogens with zero attached hydrogens (tertiary/aromatic N) is 1. The van der Waals surface area contributed by atoms with Gasteiger partial charge in [0.1, 0.15) is 0 Å². The third-order valence-corrected chi connectivity index (χ3v) is 3.06. The average Bonchev–Trinajstić information content (AvgIpc) is 2.95. The molecule has 1 aliphatic rings. The molecular formula is C15H14N2O3. The number of Topliss-reactive ketones (excluding diaryl/α,β-unsaturated/α-hetero) is 1. The Kier molecular flexibility index (Phi) is 3.60. The summed E-state index contributed by atoms with van der Waals surface area (Å²) in [6.45, 7) is 1.13. The van der Waals surface area contributed by atoms with Gasteiger partial charge in [-0.15, -0.1) is 0 Å². The molecule has 0 fully saturated rings. The molecule has 0 atom stereocenters. The summed E-state index contributed by atoms with van der Waals surface area (Å²) in [7, 11) is 0. The van der Waals surface area contributed by atoms with Crippen LogP contribution in [0.15, 0.2) is 42.7 Å². The summed E-state index contributed by atoms with van der Waals surface area (Å²) in [4.78, 5) is 16.0. The highest BCUT2D eigenvalue weighted by molar-refractivity contribution is 5.98. The molecule has 3 rings (SSSR count). The van der Waals surface area contributed by atoms with Crippen LogP contribution in [0.5, 0.6) is 11.5 Å². The summed E-state index contributed by atoms with van der Waals surface area (Å²) >= 11 is 0. The van der Waals surface area contributed by atoms with Crippen LogP contribution in [0, 0.1) is 0 Å². The molecule has 0 amide bonds. The summed E-state index contributed by atoms with van der Waals surface area (Å²) in [5.74, 6) is 1.34. The van der Waals surface area contributed by atoms with Crippen molar-refractivity contribution < 1.29 is 14.3 Å². The van der Waals surface area contributed by atoms with Crippen LogP contribution in [-0.4, -0.2) is 24.1 Å². The highest BCUT2D eigenvalue weighted by atomic mass is 16.7. The fourth-order valence-electron chi connectivity index (χ4n) is 1.99. The van der Waals surface area contributed by atoms with Crippen LogP contribution in [0.2, 0.25) is 0 Å². The Labute approximate surface area is 116 Å². The van der Waals surface area contributed by atoms with E-state index >= 15 is 0 Å². The molecule has 0 unspecified atom stereocenters. The van der Waals surface area contributed by atoms with Gasteiger partial charge < -0.3 is 14.8 Å². The molecule has 5 heteroatoms. The maximum atomic E-state index is 12.1. The molecule has 2 heterocycles. The molecule has 1 N–H and O–H groups in total. The topological polar surface area (TPSA) is 60.5 Å². The van der Waals surface area contributed by atoms with Gasteiger partial charge in [-0.25, -0.2) is 0 Å². The van der Waals surface area contributed by atoms with Gasteiger partial charge in [-0.2, -0.15) is 0 Å². The zero-order valence-corrected chi connectivity index (χ0v) is 10.8. The number of pyridine rings is 1. The quantitative estimate of drug-likeness (QED) is 0.839. The van der Waals surface area contributed by atoms with Crippen LogP contribution >= 0.6 is 0 Å². The van der Waals surface area contributed by atoms with Crippen molar-refractivity contribution in [2.75, 3.05) is 13.3 Å². The first-order valence-electron chi connectivity index (χ1n) is 6.35. The van der Waals surface area contributed by atoms with E-state index in [-0.39, 0.29) is 19.1 Å². The molecule has 0 saturated heterocycles. The first-order valence-corrected chi connectivity index (χ1v) is 6.35. The van der Waals surface area contributed by atoms with Crippen molar-refractivity contribution >= 4 is 5.78 Å². The van der Waals surface area contributed by atoms with Crippen LogP contribution in [0.4, 0.5) is 0 Å². The van der Waals surface area contributed by atoms with E-state index < -0.39 is 0 Å². The predicted octanol–water partition coefficient (Wildman–Crippen LogP) is 1.78. The summed E-state index contributed by atoms with van der Waals surface area (Å²) in [6, 6.07) is 9.07. The van der Waals surface area contributed by atoms with Gasteiger partial charge in [0.15, 0.2) is 17.3 Å². The van der Waals surface area contributed by atoms with Crippen molar-refractivity contribution in [3.05, 3.63) is 53.9 Å². The van der Waals surface area contributed by atoms with Gasteiger partial charge in [0.05, 0.1) is 6.54 Å². The van der Waals surface area contributed by atoms with Gasteiger partial charge >= 0.3 is 0 Å². The Balaban J connectivity index is 1.57. The first-order chi connectivity index (χ1) is 9.83. The summed E-state index contributed by atoms with van der Waals surface area (Å²) in [5.41, 5.74) is 1.72. The Morgan fingerprint density at radius 2 is 1.95 bits per heavy atom.